The number of hydrogen-bond acceptors (Lipinski definition) is 4. The Morgan fingerprint density at radius 1 is 1.00 bits per heavy atom. The van der Waals surface area contributed by atoms with Gasteiger partial charge in [0, 0.05) is 31.7 Å². The lowest BCUT2D eigenvalue weighted by Gasteiger charge is -2.34. The maximum absolute atomic E-state index is 13.2. The molecule has 1 saturated heterocycles. The van der Waals surface area contributed by atoms with Gasteiger partial charge in [0.25, 0.3) is 5.91 Å². The molecule has 0 radical (unpaired) electrons. The molecule has 0 saturated carbocycles. The average molecular weight is 402 g/mol. The van der Waals surface area contributed by atoms with Crippen molar-refractivity contribution in [2.24, 2.45) is 0 Å². The second kappa shape index (κ2) is 7.48. The minimum absolute atomic E-state index is 0.123. The molecule has 0 atom stereocenters. The normalized spacial score (nSPS) is 14.7. The summed E-state index contributed by atoms with van der Waals surface area (Å²) in [5, 5.41) is 3.20. The zero-order valence-corrected chi connectivity index (χ0v) is 17.3. The van der Waals surface area contributed by atoms with Gasteiger partial charge in [-0.25, -0.2) is 4.98 Å². The van der Waals surface area contributed by atoms with Crippen molar-refractivity contribution in [1.29, 1.82) is 0 Å². The predicted octanol–water partition coefficient (Wildman–Crippen LogP) is 4.97. The molecule has 4 nitrogen and oxygen atoms in total. The predicted molar refractivity (Wildman–Crippen MR) is 121 cm³/mol. The van der Waals surface area contributed by atoms with Crippen LogP contribution in [0.4, 0.5) is 5.13 Å². The molecule has 3 aromatic carbocycles. The van der Waals surface area contributed by atoms with Crippen LogP contribution >= 0.6 is 11.3 Å². The highest BCUT2D eigenvalue weighted by Gasteiger charge is 2.24. The van der Waals surface area contributed by atoms with Crippen LogP contribution in [0.25, 0.3) is 21.0 Å². The van der Waals surface area contributed by atoms with Gasteiger partial charge in [0.2, 0.25) is 0 Å². The fourth-order valence-electron chi connectivity index (χ4n) is 4.00. The Labute approximate surface area is 174 Å². The van der Waals surface area contributed by atoms with Gasteiger partial charge < -0.3 is 9.80 Å². The summed E-state index contributed by atoms with van der Waals surface area (Å²) in [4.78, 5) is 22.3. The number of carbonyl (C=O) groups excluding carboxylic acids is 1. The Balaban J connectivity index is 1.33. The molecule has 1 aromatic heterocycles. The lowest BCUT2D eigenvalue weighted by atomic mass is 10.0. The van der Waals surface area contributed by atoms with Gasteiger partial charge in [-0.05, 0) is 41.0 Å². The summed E-state index contributed by atoms with van der Waals surface area (Å²) in [6, 6.07) is 20.6. The molecule has 1 aliphatic rings. The van der Waals surface area contributed by atoms with E-state index in [4.69, 9.17) is 4.98 Å². The molecular weight excluding hydrogens is 378 g/mol. The maximum atomic E-state index is 13.2. The molecule has 0 N–H and O–H groups in total. The number of carbonyl (C=O) groups is 1. The number of thiazole rings is 1. The molecule has 1 amide bonds. The van der Waals surface area contributed by atoms with E-state index in [2.05, 4.69) is 42.2 Å². The van der Waals surface area contributed by atoms with Gasteiger partial charge in [0.15, 0.2) is 5.13 Å². The molecule has 146 valence electrons. The molecule has 1 fully saturated rings. The zero-order chi connectivity index (χ0) is 19.8. The third-order valence-electron chi connectivity index (χ3n) is 5.71. The number of hydrogen-bond donors (Lipinski definition) is 0. The molecule has 29 heavy (non-hydrogen) atoms. The number of aromatic nitrogens is 1. The molecule has 0 unspecified atom stereocenters. The molecular formula is C24H23N3OS. The number of fused-ring (bicyclic) bond motifs is 2. The SMILES string of the molecule is CCc1ccc2nc(N3CCN(C(=O)c4cccc5ccccc45)CC3)sc2c1. The van der Waals surface area contributed by atoms with Gasteiger partial charge in [-0.15, -0.1) is 0 Å². The number of rotatable bonds is 3. The van der Waals surface area contributed by atoms with Crippen molar-refractivity contribution in [3.8, 4) is 0 Å². The third-order valence-corrected chi connectivity index (χ3v) is 6.79. The van der Waals surface area contributed by atoms with Gasteiger partial charge >= 0.3 is 0 Å². The first-order valence-electron chi connectivity index (χ1n) is 10.1. The van der Waals surface area contributed by atoms with E-state index >= 15 is 0 Å². The Morgan fingerprint density at radius 2 is 1.79 bits per heavy atom. The summed E-state index contributed by atoms with van der Waals surface area (Å²) in [6.07, 6.45) is 1.04. The van der Waals surface area contributed by atoms with E-state index in [0.717, 1.165) is 59.6 Å². The summed E-state index contributed by atoms with van der Waals surface area (Å²) in [6.45, 7) is 5.25. The van der Waals surface area contributed by atoms with Crippen LogP contribution in [0.2, 0.25) is 0 Å². The highest BCUT2D eigenvalue weighted by atomic mass is 32.1. The van der Waals surface area contributed by atoms with Crippen LogP contribution in [-0.2, 0) is 6.42 Å². The van der Waals surface area contributed by atoms with Crippen LogP contribution in [0.15, 0.2) is 60.7 Å². The standard InChI is InChI=1S/C24H23N3OS/c1-2-17-10-11-21-22(16-17)29-24(25-21)27-14-12-26(13-15-27)23(28)20-9-5-7-18-6-3-4-8-19(18)20/h3-11,16H,2,12-15H2,1H3. The van der Waals surface area contributed by atoms with Crippen molar-refractivity contribution in [2.45, 2.75) is 13.3 Å². The number of nitrogens with zero attached hydrogens (tertiary/aromatic N) is 3. The molecule has 5 rings (SSSR count). The van der Waals surface area contributed by atoms with Gasteiger partial charge in [0.1, 0.15) is 0 Å². The molecule has 5 heteroatoms. The molecule has 0 aliphatic carbocycles. The minimum Gasteiger partial charge on any atom is -0.345 e. The van der Waals surface area contributed by atoms with Crippen LogP contribution in [0.1, 0.15) is 22.8 Å². The van der Waals surface area contributed by atoms with E-state index in [1.54, 1.807) is 11.3 Å². The Hall–Kier alpha value is -2.92. The molecule has 4 aromatic rings. The molecule has 0 bridgehead atoms. The van der Waals surface area contributed by atoms with Crippen molar-refractivity contribution in [3.05, 3.63) is 71.8 Å². The highest BCUT2D eigenvalue weighted by molar-refractivity contribution is 7.22. The number of aryl methyl sites for hydroxylation is 1. The minimum atomic E-state index is 0.123. The molecule has 1 aliphatic heterocycles. The second-order valence-corrected chi connectivity index (χ2v) is 8.47. The van der Waals surface area contributed by atoms with Gasteiger partial charge in [-0.1, -0.05) is 60.7 Å². The van der Waals surface area contributed by atoms with Gasteiger partial charge in [-0.2, -0.15) is 0 Å². The van der Waals surface area contributed by atoms with E-state index in [1.807, 2.05) is 35.2 Å². The first-order chi connectivity index (χ1) is 14.2. The number of anilines is 1. The summed E-state index contributed by atoms with van der Waals surface area (Å²) in [5.74, 6) is 0.123. The lowest BCUT2D eigenvalue weighted by Crippen LogP contribution is -2.48. The summed E-state index contributed by atoms with van der Waals surface area (Å²) >= 11 is 1.75. The van der Waals surface area contributed by atoms with Crippen LogP contribution in [0.5, 0.6) is 0 Å². The van der Waals surface area contributed by atoms with Crippen LogP contribution in [-0.4, -0.2) is 42.0 Å². The lowest BCUT2D eigenvalue weighted by molar-refractivity contribution is 0.0749. The topological polar surface area (TPSA) is 36.4 Å². The van der Waals surface area contributed by atoms with E-state index in [-0.39, 0.29) is 5.91 Å². The quantitative estimate of drug-likeness (QED) is 0.486. The van der Waals surface area contributed by atoms with Crippen molar-refractivity contribution in [1.82, 2.24) is 9.88 Å². The van der Waals surface area contributed by atoms with Crippen LogP contribution in [0, 0.1) is 0 Å². The number of amides is 1. The van der Waals surface area contributed by atoms with E-state index < -0.39 is 0 Å². The maximum Gasteiger partial charge on any atom is 0.254 e. The van der Waals surface area contributed by atoms with Crippen LogP contribution < -0.4 is 4.90 Å². The summed E-state index contributed by atoms with van der Waals surface area (Å²) in [5.41, 5.74) is 3.21. The van der Waals surface area contributed by atoms with Gasteiger partial charge in [0.05, 0.1) is 10.2 Å². The first kappa shape index (κ1) is 18.1. The molecule has 2 heterocycles. The number of piperazine rings is 1. The second-order valence-electron chi connectivity index (χ2n) is 7.46. The van der Waals surface area contributed by atoms with Crippen molar-refractivity contribution in [3.63, 3.8) is 0 Å². The van der Waals surface area contributed by atoms with Crippen LogP contribution in [0.3, 0.4) is 0 Å². The zero-order valence-electron chi connectivity index (χ0n) is 16.5. The average Bonchev–Trinajstić information content (AvgIpc) is 3.21. The third kappa shape index (κ3) is 3.36. The van der Waals surface area contributed by atoms with Crippen molar-refractivity contribution in [2.75, 3.05) is 31.1 Å². The Morgan fingerprint density at radius 3 is 2.62 bits per heavy atom. The smallest absolute Gasteiger partial charge is 0.254 e. The largest absolute Gasteiger partial charge is 0.345 e. The molecule has 0 spiro atoms. The van der Waals surface area contributed by atoms with Gasteiger partial charge in [-0.3, -0.25) is 4.79 Å². The van der Waals surface area contributed by atoms with Crippen molar-refractivity contribution >= 4 is 43.4 Å². The summed E-state index contributed by atoms with van der Waals surface area (Å²) in [7, 11) is 0. The Bertz CT molecular complexity index is 1190. The Kier molecular flexibility index (Phi) is 4.68. The number of benzene rings is 3. The summed E-state index contributed by atoms with van der Waals surface area (Å²) < 4.78 is 1.24. The van der Waals surface area contributed by atoms with E-state index in [0.29, 0.717) is 0 Å². The van der Waals surface area contributed by atoms with E-state index in [9.17, 15) is 4.79 Å². The van der Waals surface area contributed by atoms with Crippen molar-refractivity contribution < 1.29 is 4.79 Å². The highest BCUT2D eigenvalue weighted by Crippen LogP contribution is 2.30. The fourth-order valence-corrected chi connectivity index (χ4v) is 5.08. The van der Waals surface area contributed by atoms with E-state index in [1.165, 1.54) is 10.3 Å². The fraction of sp³-hybridized carbons (Fsp3) is 0.250. The monoisotopic (exact) mass is 401 g/mol. The first-order valence-corrected chi connectivity index (χ1v) is 11.0.